The van der Waals surface area contributed by atoms with Crippen LogP contribution in [0.1, 0.15) is 55.3 Å². The lowest BCUT2D eigenvalue weighted by Gasteiger charge is -2.48. The zero-order chi connectivity index (χ0) is 19.0. The van der Waals surface area contributed by atoms with Crippen molar-refractivity contribution >= 4 is 11.8 Å². The number of likely N-dealkylation sites (N-methyl/N-ethyl adjacent to an activating group) is 1. The Bertz CT molecular complexity index is 708. The molecule has 27 heavy (non-hydrogen) atoms. The Morgan fingerprint density at radius 2 is 2.07 bits per heavy atom. The highest BCUT2D eigenvalue weighted by Gasteiger charge is 2.44. The van der Waals surface area contributed by atoms with Gasteiger partial charge in [-0.15, -0.1) is 0 Å². The number of nitrogens with zero attached hydrogens (tertiary/aromatic N) is 4. The summed E-state index contributed by atoms with van der Waals surface area (Å²) >= 11 is 0. The fourth-order valence-corrected chi connectivity index (χ4v) is 4.98. The van der Waals surface area contributed by atoms with Crippen molar-refractivity contribution < 1.29 is 14.0 Å². The number of carbonyl (C=O) groups excluding carboxylic acids is 2. The van der Waals surface area contributed by atoms with Crippen molar-refractivity contribution in [2.75, 3.05) is 39.8 Å². The van der Waals surface area contributed by atoms with Gasteiger partial charge in [-0.3, -0.25) is 9.59 Å². The predicted octanol–water partition coefficient (Wildman–Crippen LogP) is 1.79. The standard InChI is InChI=1S/C20H30N4O3/c1-3-16-18(21-14-27-16)19(26)23-10-7-20(8-11-23)6-4-17(25)24(13-20)15-5-9-22(2)12-15/h14-15H,3-13H2,1-2H3/t15-/m0/s1. The lowest BCUT2D eigenvalue weighted by molar-refractivity contribution is -0.141. The molecule has 3 saturated heterocycles. The summed E-state index contributed by atoms with van der Waals surface area (Å²) in [4.78, 5) is 35.8. The Balaban J connectivity index is 1.40. The Kier molecular flexibility index (Phi) is 4.97. The first-order valence-corrected chi connectivity index (χ1v) is 10.2. The van der Waals surface area contributed by atoms with Crippen molar-refractivity contribution in [2.24, 2.45) is 5.41 Å². The smallest absolute Gasteiger partial charge is 0.276 e. The van der Waals surface area contributed by atoms with Crippen LogP contribution in [0.2, 0.25) is 0 Å². The van der Waals surface area contributed by atoms with E-state index in [0.29, 0.717) is 36.2 Å². The van der Waals surface area contributed by atoms with Gasteiger partial charge in [0, 0.05) is 45.1 Å². The third kappa shape index (κ3) is 3.49. The quantitative estimate of drug-likeness (QED) is 0.807. The number of hydrogen-bond acceptors (Lipinski definition) is 5. The molecule has 1 spiro atoms. The van der Waals surface area contributed by atoms with E-state index in [1.165, 1.54) is 6.39 Å². The molecule has 1 aromatic heterocycles. The SMILES string of the molecule is CCc1ocnc1C(=O)N1CCC2(CCC(=O)N([C@H]3CCN(C)C3)C2)CC1. The maximum absolute atomic E-state index is 12.8. The first kappa shape index (κ1) is 18.5. The third-order valence-electron chi connectivity index (χ3n) is 6.78. The zero-order valence-electron chi connectivity index (χ0n) is 16.4. The highest BCUT2D eigenvalue weighted by atomic mass is 16.3. The number of oxazole rings is 1. The summed E-state index contributed by atoms with van der Waals surface area (Å²) in [5.74, 6) is 0.964. The van der Waals surface area contributed by atoms with Gasteiger partial charge in [-0.1, -0.05) is 6.92 Å². The first-order valence-electron chi connectivity index (χ1n) is 10.2. The van der Waals surface area contributed by atoms with Gasteiger partial charge in [-0.05, 0) is 44.7 Å². The molecule has 7 heteroatoms. The van der Waals surface area contributed by atoms with Gasteiger partial charge < -0.3 is 19.1 Å². The van der Waals surface area contributed by atoms with Crippen molar-refractivity contribution in [1.29, 1.82) is 0 Å². The van der Waals surface area contributed by atoms with Crippen LogP contribution in [-0.4, -0.2) is 77.3 Å². The highest BCUT2D eigenvalue weighted by molar-refractivity contribution is 5.93. The summed E-state index contributed by atoms with van der Waals surface area (Å²) in [7, 11) is 2.13. The molecule has 0 bridgehead atoms. The van der Waals surface area contributed by atoms with Crippen molar-refractivity contribution in [2.45, 2.75) is 51.5 Å². The first-order chi connectivity index (χ1) is 13.0. The van der Waals surface area contributed by atoms with Crippen LogP contribution in [-0.2, 0) is 11.2 Å². The van der Waals surface area contributed by atoms with Crippen LogP contribution in [0.15, 0.2) is 10.8 Å². The fraction of sp³-hybridized carbons (Fsp3) is 0.750. The number of amides is 2. The van der Waals surface area contributed by atoms with E-state index < -0.39 is 0 Å². The van der Waals surface area contributed by atoms with Gasteiger partial charge in [0.1, 0.15) is 5.76 Å². The van der Waals surface area contributed by atoms with Gasteiger partial charge in [0.25, 0.3) is 5.91 Å². The largest absolute Gasteiger partial charge is 0.448 e. The van der Waals surface area contributed by atoms with Gasteiger partial charge in [0.2, 0.25) is 5.91 Å². The van der Waals surface area contributed by atoms with Gasteiger partial charge >= 0.3 is 0 Å². The number of aryl methyl sites for hydroxylation is 1. The summed E-state index contributed by atoms with van der Waals surface area (Å²) in [6.07, 6.45) is 6.64. The van der Waals surface area contributed by atoms with E-state index in [0.717, 1.165) is 58.4 Å². The third-order valence-corrected chi connectivity index (χ3v) is 6.78. The fourth-order valence-electron chi connectivity index (χ4n) is 4.98. The molecule has 2 amide bonds. The normalized spacial score (nSPS) is 26.1. The molecule has 3 aliphatic rings. The Hall–Kier alpha value is -1.89. The van der Waals surface area contributed by atoms with Crippen LogP contribution in [0.5, 0.6) is 0 Å². The molecule has 3 fully saturated rings. The second-order valence-corrected chi connectivity index (χ2v) is 8.50. The van der Waals surface area contributed by atoms with E-state index in [-0.39, 0.29) is 11.3 Å². The molecule has 0 saturated carbocycles. The number of piperidine rings is 2. The molecule has 4 heterocycles. The van der Waals surface area contributed by atoms with Gasteiger partial charge in [-0.2, -0.15) is 0 Å². The molecule has 1 aromatic rings. The minimum Gasteiger partial charge on any atom is -0.448 e. The van der Waals surface area contributed by atoms with Gasteiger partial charge in [0.05, 0.1) is 0 Å². The average molecular weight is 374 g/mol. The van der Waals surface area contributed by atoms with Crippen molar-refractivity contribution in [1.82, 2.24) is 19.7 Å². The Morgan fingerprint density at radius 3 is 2.74 bits per heavy atom. The minimum absolute atomic E-state index is 0.0170. The van der Waals surface area contributed by atoms with E-state index in [9.17, 15) is 9.59 Å². The number of likely N-dealkylation sites (tertiary alicyclic amines) is 3. The van der Waals surface area contributed by atoms with E-state index in [4.69, 9.17) is 4.42 Å². The highest BCUT2D eigenvalue weighted by Crippen LogP contribution is 2.41. The molecule has 0 unspecified atom stereocenters. The van der Waals surface area contributed by atoms with Crippen LogP contribution in [0.3, 0.4) is 0 Å². The van der Waals surface area contributed by atoms with E-state index in [2.05, 4.69) is 21.8 Å². The monoisotopic (exact) mass is 374 g/mol. The van der Waals surface area contributed by atoms with Gasteiger partial charge in [-0.25, -0.2) is 4.98 Å². The molecule has 1 atom stereocenters. The number of aromatic nitrogens is 1. The Morgan fingerprint density at radius 1 is 1.30 bits per heavy atom. The topological polar surface area (TPSA) is 69.9 Å². The molecule has 0 N–H and O–H groups in total. The molecule has 3 aliphatic heterocycles. The Labute approximate surface area is 160 Å². The predicted molar refractivity (Wildman–Crippen MR) is 100 cm³/mol. The van der Waals surface area contributed by atoms with Crippen molar-refractivity contribution in [3.8, 4) is 0 Å². The molecule has 0 aliphatic carbocycles. The summed E-state index contributed by atoms with van der Waals surface area (Å²) in [6, 6.07) is 0.363. The van der Waals surface area contributed by atoms with Crippen LogP contribution in [0.4, 0.5) is 0 Å². The molecular weight excluding hydrogens is 344 g/mol. The number of rotatable bonds is 3. The maximum atomic E-state index is 12.8. The lowest BCUT2D eigenvalue weighted by Crippen LogP contribution is -2.55. The van der Waals surface area contributed by atoms with Crippen LogP contribution in [0, 0.1) is 5.41 Å². The average Bonchev–Trinajstić information content (AvgIpc) is 3.33. The second-order valence-electron chi connectivity index (χ2n) is 8.50. The van der Waals surface area contributed by atoms with Gasteiger partial charge in [0.15, 0.2) is 12.1 Å². The minimum atomic E-state index is -0.0170. The van der Waals surface area contributed by atoms with Crippen molar-refractivity contribution in [3.05, 3.63) is 17.8 Å². The number of carbonyl (C=O) groups is 2. The summed E-state index contributed by atoms with van der Waals surface area (Å²) in [5.41, 5.74) is 0.631. The molecule has 0 aromatic carbocycles. The van der Waals surface area contributed by atoms with Crippen molar-refractivity contribution in [3.63, 3.8) is 0 Å². The van der Waals surface area contributed by atoms with Crippen LogP contribution >= 0.6 is 0 Å². The molecule has 7 nitrogen and oxygen atoms in total. The zero-order valence-corrected chi connectivity index (χ0v) is 16.4. The second kappa shape index (κ2) is 7.26. The van der Waals surface area contributed by atoms with E-state index >= 15 is 0 Å². The molecule has 148 valence electrons. The summed E-state index contributed by atoms with van der Waals surface area (Å²) in [6.45, 7) is 6.36. The van der Waals surface area contributed by atoms with Crippen LogP contribution in [0.25, 0.3) is 0 Å². The number of hydrogen-bond donors (Lipinski definition) is 0. The molecular formula is C20H30N4O3. The molecule has 0 radical (unpaired) electrons. The molecule has 4 rings (SSSR count). The maximum Gasteiger partial charge on any atom is 0.276 e. The summed E-state index contributed by atoms with van der Waals surface area (Å²) < 4.78 is 5.32. The van der Waals surface area contributed by atoms with E-state index in [1.807, 2.05) is 11.8 Å². The summed E-state index contributed by atoms with van der Waals surface area (Å²) in [5, 5.41) is 0. The lowest BCUT2D eigenvalue weighted by atomic mass is 9.72. The van der Waals surface area contributed by atoms with Crippen LogP contribution < -0.4 is 0 Å². The van der Waals surface area contributed by atoms with E-state index in [1.54, 1.807) is 0 Å².